The van der Waals surface area contributed by atoms with Crippen LogP contribution in [-0.2, 0) is 4.79 Å². The number of tetrazole rings is 1. The van der Waals surface area contributed by atoms with Gasteiger partial charge in [0, 0.05) is 0 Å². The number of amides is 1. The molecule has 9 heteroatoms. The third-order valence-electron chi connectivity index (χ3n) is 3.88. The number of benzene rings is 2. The number of carbonyl (C=O) groups excluding carboxylic acids is 1. The Kier molecular flexibility index (Phi) is 5.50. The van der Waals surface area contributed by atoms with Crippen LogP contribution in [0.1, 0.15) is 18.1 Å². The van der Waals surface area contributed by atoms with E-state index in [1.54, 1.807) is 6.92 Å². The van der Waals surface area contributed by atoms with E-state index in [9.17, 15) is 13.6 Å². The first-order chi connectivity index (χ1) is 12.9. The van der Waals surface area contributed by atoms with Crippen LogP contribution in [0, 0.1) is 25.5 Å². The van der Waals surface area contributed by atoms with Crippen molar-refractivity contribution < 1.29 is 13.6 Å². The minimum absolute atomic E-state index is 0.401. The van der Waals surface area contributed by atoms with Crippen molar-refractivity contribution in [3.05, 3.63) is 59.2 Å². The number of halogens is 2. The molecule has 3 aromatic rings. The van der Waals surface area contributed by atoms with Crippen molar-refractivity contribution in [1.29, 1.82) is 0 Å². The fourth-order valence-corrected chi connectivity index (χ4v) is 3.30. The molecule has 3 rings (SSSR count). The van der Waals surface area contributed by atoms with Crippen molar-refractivity contribution in [2.45, 2.75) is 31.2 Å². The maximum atomic E-state index is 13.7. The molecule has 0 fully saturated rings. The summed E-state index contributed by atoms with van der Waals surface area (Å²) in [5.74, 6) is -2.22. The number of thioether (sulfide) groups is 1. The van der Waals surface area contributed by atoms with Crippen molar-refractivity contribution in [1.82, 2.24) is 20.2 Å². The molecule has 0 unspecified atom stereocenters. The molecular formula is C18H17F2N5OS. The Morgan fingerprint density at radius 3 is 2.56 bits per heavy atom. The molecule has 0 saturated carbocycles. The Hall–Kier alpha value is -2.81. The molecule has 6 nitrogen and oxygen atoms in total. The normalized spacial score (nSPS) is 12.0. The molecule has 27 heavy (non-hydrogen) atoms. The van der Waals surface area contributed by atoms with Crippen molar-refractivity contribution in [3.63, 3.8) is 0 Å². The summed E-state index contributed by atoms with van der Waals surface area (Å²) in [5.41, 5.74) is 2.41. The fraction of sp³-hybridized carbons (Fsp3) is 0.222. The van der Waals surface area contributed by atoms with Crippen molar-refractivity contribution >= 4 is 23.4 Å². The number of nitrogens with one attached hydrogen (secondary N) is 1. The minimum atomic E-state index is -0.833. The molecule has 0 aliphatic heterocycles. The smallest absolute Gasteiger partial charge is 0.237 e. The maximum absolute atomic E-state index is 13.7. The van der Waals surface area contributed by atoms with Crippen LogP contribution < -0.4 is 5.32 Å². The molecule has 1 heterocycles. The molecule has 1 aromatic heterocycles. The average molecular weight is 389 g/mol. The molecule has 0 aliphatic carbocycles. The first-order valence-corrected chi connectivity index (χ1v) is 9.02. The summed E-state index contributed by atoms with van der Waals surface area (Å²) in [7, 11) is 0. The van der Waals surface area contributed by atoms with Gasteiger partial charge in [-0.2, -0.15) is 4.68 Å². The number of nitrogens with zero attached hydrogens (tertiary/aromatic N) is 4. The highest BCUT2D eigenvalue weighted by Gasteiger charge is 2.22. The maximum Gasteiger partial charge on any atom is 0.237 e. The van der Waals surface area contributed by atoms with Gasteiger partial charge in [-0.05, 0) is 55.0 Å². The molecule has 1 amide bonds. The number of anilines is 1. The van der Waals surface area contributed by atoms with Crippen LogP contribution in [0.5, 0.6) is 0 Å². The molecule has 0 radical (unpaired) electrons. The van der Waals surface area contributed by atoms with Gasteiger partial charge in [0.1, 0.15) is 17.3 Å². The molecule has 1 atom stereocenters. The number of aryl methyl sites for hydroxylation is 2. The zero-order chi connectivity index (χ0) is 19.6. The highest BCUT2D eigenvalue weighted by Crippen LogP contribution is 2.26. The zero-order valence-corrected chi connectivity index (χ0v) is 15.7. The van der Waals surface area contributed by atoms with Crippen molar-refractivity contribution in [3.8, 4) is 5.69 Å². The Balaban J connectivity index is 1.78. The topological polar surface area (TPSA) is 72.7 Å². The van der Waals surface area contributed by atoms with Crippen LogP contribution >= 0.6 is 11.8 Å². The largest absolute Gasteiger partial charge is 0.320 e. The Bertz CT molecular complexity index is 971. The second-order valence-corrected chi connectivity index (χ2v) is 7.32. The van der Waals surface area contributed by atoms with Crippen molar-refractivity contribution in [2.24, 2.45) is 0 Å². The van der Waals surface area contributed by atoms with Gasteiger partial charge in [-0.15, -0.1) is 5.10 Å². The van der Waals surface area contributed by atoms with Gasteiger partial charge < -0.3 is 5.32 Å². The van der Waals surface area contributed by atoms with E-state index < -0.39 is 28.5 Å². The Morgan fingerprint density at radius 1 is 1.19 bits per heavy atom. The second-order valence-electron chi connectivity index (χ2n) is 6.01. The van der Waals surface area contributed by atoms with E-state index in [1.807, 2.05) is 32.0 Å². The molecule has 1 N–H and O–H groups in total. The van der Waals surface area contributed by atoms with Gasteiger partial charge in [-0.25, -0.2) is 8.78 Å². The summed E-state index contributed by atoms with van der Waals surface area (Å²) in [5, 5.41) is 13.6. The summed E-state index contributed by atoms with van der Waals surface area (Å²) < 4.78 is 29.0. The lowest BCUT2D eigenvalue weighted by molar-refractivity contribution is -0.115. The van der Waals surface area contributed by atoms with Crippen LogP contribution in [0.4, 0.5) is 14.5 Å². The molecule has 0 saturated heterocycles. The first-order valence-electron chi connectivity index (χ1n) is 8.14. The lowest BCUT2D eigenvalue weighted by atomic mass is 10.1. The zero-order valence-electron chi connectivity index (χ0n) is 14.9. The van der Waals surface area contributed by atoms with Gasteiger partial charge in [-0.1, -0.05) is 35.5 Å². The Labute approximate surface area is 159 Å². The van der Waals surface area contributed by atoms with E-state index in [1.165, 1.54) is 10.7 Å². The lowest BCUT2D eigenvalue weighted by Gasteiger charge is -2.13. The van der Waals surface area contributed by atoms with Gasteiger partial charge >= 0.3 is 0 Å². The summed E-state index contributed by atoms with van der Waals surface area (Å²) in [6.07, 6.45) is 0. The van der Waals surface area contributed by atoms with Gasteiger partial charge in [0.25, 0.3) is 0 Å². The van der Waals surface area contributed by atoms with E-state index in [2.05, 4.69) is 20.8 Å². The van der Waals surface area contributed by atoms with Gasteiger partial charge in [0.15, 0.2) is 0 Å². The number of hydrogen-bond donors (Lipinski definition) is 1. The monoisotopic (exact) mass is 389 g/mol. The average Bonchev–Trinajstić information content (AvgIpc) is 3.06. The summed E-state index contributed by atoms with van der Waals surface area (Å²) in [6, 6.07) is 9.23. The minimum Gasteiger partial charge on any atom is -0.320 e. The van der Waals surface area contributed by atoms with Gasteiger partial charge in [0.05, 0.1) is 10.9 Å². The predicted molar refractivity (Wildman–Crippen MR) is 98.9 cm³/mol. The molecule has 0 bridgehead atoms. The highest BCUT2D eigenvalue weighted by molar-refractivity contribution is 8.00. The van der Waals surface area contributed by atoms with Crippen LogP contribution in [0.3, 0.4) is 0 Å². The molecular weight excluding hydrogens is 372 g/mol. The van der Waals surface area contributed by atoms with Gasteiger partial charge in [0.2, 0.25) is 11.1 Å². The Morgan fingerprint density at radius 2 is 1.89 bits per heavy atom. The summed E-state index contributed by atoms with van der Waals surface area (Å²) in [6.45, 7) is 5.54. The molecule has 2 aromatic carbocycles. The van der Waals surface area contributed by atoms with E-state index in [-0.39, 0.29) is 0 Å². The first kappa shape index (κ1) is 19.0. The number of para-hydroxylation sites is 1. The molecule has 0 aliphatic rings. The predicted octanol–water partition coefficient (Wildman–Crippen LogP) is 3.68. The highest BCUT2D eigenvalue weighted by atomic mass is 32.2. The fourth-order valence-electron chi connectivity index (χ4n) is 2.50. The summed E-state index contributed by atoms with van der Waals surface area (Å²) in [4.78, 5) is 12.4. The number of hydrogen-bond acceptors (Lipinski definition) is 5. The lowest BCUT2D eigenvalue weighted by Crippen LogP contribution is -2.24. The van der Waals surface area contributed by atoms with Crippen LogP contribution in [0.25, 0.3) is 5.69 Å². The van der Waals surface area contributed by atoms with E-state index in [4.69, 9.17) is 0 Å². The number of aromatic nitrogens is 4. The molecule has 0 spiro atoms. The third-order valence-corrected chi connectivity index (χ3v) is 4.92. The van der Waals surface area contributed by atoms with E-state index >= 15 is 0 Å². The van der Waals surface area contributed by atoms with E-state index in [0.29, 0.717) is 5.16 Å². The SMILES string of the molecule is Cc1ccc(-n2nnnc2S[C@H](C)C(=O)Nc2c(F)cccc2F)c(C)c1. The van der Waals surface area contributed by atoms with Crippen LogP contribution in [-0.4, -0.2) is 31.4 Å². The number of rotatable bonds is 5. The van der Waals surface area contributed by atoms with Crippen LogP contribution in [0.2, 0.25) is 0 Å². The van der Waals surface area contributed by atoms with Gasteiger partial charge in [-0.3, -0.25) is 4.79 Å². The quantitative estimate of drug-likeness (QED) is 0.674. The molecule has 140 valence electrons. The van der Waals surface area contributed by atoms with Crippen molar-refractivity contribution in [2.75, 3.05) is 5.32 Å². The number of carbonyl (C=O) groups is 1. The van der Waals surface area contributed by atoms with E-state index in [0.717, 1.165) is 40.7 Å². The van der Waals surface area contributed by atoms with Crippen LogP contribution in [0.15, 0.2) is 41.6 Å². The third kappa shape index (κ3) is 4.13. The standard InChI is InChI=1S/C18H17F2N5OS/c1-10-7-8-15(11(2)9-10)25-18(22-23-24-25)27-12(3)17(26)21-16-13(19)5-4-6-14(16)20/h4-9,12H,1-3H3,(H,21,26)/t12-/m1/s1. The summed E-state index contributed by atoms with van der Waals surface area (Å²) >= 11 is 1.09. The second kappa shape index (κ2) is 7.83.